The number of aromatic nitrogens is 4. The Hall–Kier alpha value is -1.10. The Balaban J connectivity index is 0.000000914. The molecule has 3 heterocycles. The molecule has 33 heavy (non-hydrogen) atoms. The van der Waals surface area contributed by atoms with Gasteiger partial charge in [-0.3, -0.25) is 11.7 Å². The topological polar surface area (TPSA) is 67.1 Å². The summed E-state index contributed by atoms with van der Waals surface area (Å²) < 4.78 is 1.75. The molecule has 0 aliphatic heterocycles. The molecule has 170 valence electrons. The molecule has 6 nitrogen and oxygen atoms in total. The molecule has 0 amide bonds. The molecule has 0 bridgehead atoms. The van der Waals surface area contributed by atoms with Crippen LogP contribution in [0.5, 0.6) is 5.75 Å². The molecule has 1 N–H and O–H groups in total. The summed E-state index contributed by atoms with van der Waals surface area (Å²) in [5.74, 6) is 0.717. The van der Waals surface area contributed by atoms with Crippen LogP contribution in [0.25, 0.3) is 33.2 Å². The molecule has 0 atom stereocenters. The molecule has 0 fully saturated rings. The first-order valence-corrected chi connectivity index (χ1v) is 10.9. The first-order chi connectivity index (χ1) is 15.2. The Bertz CT molecular complexity index is 1250. The van der Waals surface area contributed by atoms with Gasteiger partial charge in [0.05, 0.1) is 17.4 Å². The summed E-state index contributed by atoms with van der Waals surface area (Å²) >= 11 is 0. The van der Waals surface area contributed by atoms with Gasteiger partial charge in [-0.05, 0) is 50.1 Å². The van der Waals surface area contributed by atoms with Gasteiger partial charge in [0, 0.05) is 40.8 Å². The van der Waals surface area contributed by atoms with Crippen LogP contribution in [0.4, 0.5) is 5.69 Å². The van der Waals surface area contributed by atoms with Gasteiger partial charge in [-0.15, -0.1) is 0 Å². The van der Waals surface area contributed by atoms with Crippen molar-refractivity contribution in [3.05, 3.63) is 55.2 Å². The number of nitrogens with zero attached hydrogens (tertiary/aromatic N) is 5. The average Bonchev–Trinajstić information content (AvgIpc) is 3.11. The normalized spacial score (nSPS) is 10.8. The number of fused-ring (bicyclic) bond motifs is 2. The summed E-state index contributed by atoms with van der Waals surface area (Å²) in [7, 11) is 6.04. The molecule has 4 rings (SSSR count). The van der Waals surface area contributed by atoms with Crippen molar-refractivity contribution in [2.24, 2.45) is 13.0 Å². The number of anilines is 1. The summed E-state index contributed by atoms with van der Waals surface area (Å²) in [6.45, 7) is 13.1. The van der Waals surface area contributed by atoms with Crippen LogP contribution in [0.3, 0.4) is 0 Å². The SMILES string of the molecule is C[CH-]C.[CH2-]N(CC(C)C)c1cnc2nc(-c3cc4cn(C)nc4c(C)c3O)ccc2c1C.[Cs+]. The number of benzene rings is 1. The largest absolute Gasteiger partial charge is 1.00 e. The van der Waals surface area contributed by atoms with Crippen molar-refractivity contribution in [2.75, 3.05) is 11.4 Å². The number of pyridine rings is 2. The summed E-state index contributed by atoms with van der Waals surface area (Å²) in [6, 6.07) is 5.89. The maximum Gasteiger partial charge on any atom is 1.00 e. The minimum Gasteiger partial charge on any atom is -0.524 e. The Kier molecular flexibility index (Phi) is 10.3. The minimum atomic E-state index is 0. The summed E-state index contributed by atoms with van der Waals surface area (Å²) in [5.41, 5.74) is 5.70. The monoisotopic (exact) mass is 564 g/mol. The number of aryl methyl sites for hydroxylation is 3. The van der Waals surface area contributed by atoms with E-state index in [0.717, 1.165) is 39.6 Å². The molecule has 0 aliphatic rings. The molecule has 4 aromatic rings. The van der Waals surface area contributed by atoms with Crippen molar-refractivity contribution >= 4 is 27.6 Å². The molecule has 3 aromatic heterocycles. The fourth-order valence-electron chi connectivity index (χ4n) is 3.84. The first kappa shape index (κ1) is 28.1. The van der Waals surface area contributed by atoms with Gasteiger partial charge in [0.2, 0.25) is 0 Å². The Morgan fingerprint density at radius 3 is 2.48 bits per heavy atom. The van der Waals surface area contributed by atoms with Crippen LogP contribution in [0.2, 0.25) is 0 Å². The van der Waals surface area contributed by atoms with Gasteiger partial charge in [-0.25, -0.2) is 9.97 Å². The second kappa shape index (κ2) is 12.0. The standard InChI is InChI=1S/C23H26N5O.C3H7.Cs/c1-13(2)11-27(5)20-10-24-23-17(14(20)3)7-8-19(25-23)18-9-16-12-28(6)26-21(16)15(4)22(18)29;1-3-2;/h7-10,12-13,29H,5,11H2,1-4,6H3;3H,1-2H3;/q2*-1;+1. The van der Waals surface area contributed by atoms with Crippen molar-refractivity contribution in [1.29, 1.82) is 0 Å². The van der Waals surface area contributed by atoms with E-state index < -0.39 is 0 Å². The Morgan fingerprint density at radius 1 is 1.18 bits per heavy atom. The van der Waals surface area contributed by atoms with Gasteiger partial charge < -0.3 is 16.4 Å². The van der Waals surface area contributed by atoms with Crippen molar-refractivity contribution in [1.82, 2.24) is 19.7 Å². The molecule has 0 unspecified atom stereocenters. The van der Waals surface area contributed by atoms with E-state index in [9.17, 15) is 5.11 Å². The zero-order valence-corrected chi connectivity index (χ0v) is 27.4. The molecule has 0 spiro atoms. The number of phenols is 1. The van der Waals surface area contributed by atoms with Crippen LogP contribution in [-0.4, -0.2) is 31.4 Å². The molecule has 0 aliphatic carbocycles. The number of aromatic hydroxyl groups is 1. The zero-order chi connectivity index (χ0) is 23.6. The van der Waals surface area contributed by atoms with Crippen LogP contribution < -0.4 is 73.8 Å². The van der Waals surface area contributed by atoms with Crippen molar-refractivity contribution in [3.63, 3.8) is 0 Å². The van der Waals surface area contributed by atoms with Gasteiger partial charge in [0.25, 0.3) is 0 Å². The Morgan fingerprint density at radius 2 is 1.85 bits per heavy atom. The van der Waals surface area contributed by atoms with Crippen LogP contribution in [0.15, 0.2) is 30.6 Å². The third-order valence-corrected chi connectivity index (χ3v) is 5.30. The molecule has 0 saturated carbocycles. The number of hydrogen-bond donors (Lipinski definition) is 1. The van der Waals surface area contributed by atoms with E-state index in [1.807, 2.05) is 69.7 Å². The second-order valence-electron chi connectivity index (χ2n) is 8.67. The minimum absolute atomic E-state index is 0. The smallest absolute Gasteiger partial charge is 0.524 e. The maximum absolute atomic E-state index is 10.8. The summed E-state index contributed by atoms with van der Waals surface area (Å²) in [6.07, 6.45) is 5.78. The van der Waals surface area contributed by atoms with Crippen molar-refractivity contribution in [3.8, 4) is 17.0 Å². The van der Waals surface area contributed by atoms with E-state index in [4.69, 9.17) is 4.98 Å². The molecule has 0 saturated heterocycles. The van der Waals surface area contributed by atoms with Crippen LogP contribution >= 0.6 is 0 Å². The van der Waals surface area contributed by atoms with Crippen LogP contribution in [-0.2, 0) is 7.05 Å². The van der Waals surface area contributed by atoms with Crippen molar-refractivity contribution in [2.45, 2.75) is 41.5 Å². The van der Waals surface area contributed by atoms with Crippen LogP contribution in [0, 0.1) is 33.2 Å². The number of hydrogen-bond acceptors (Lipinski definition) is 5. The summed E-state index contributed by atoms with van der Waals surface area (Å²) in [4.78, 5) is 11.3. The first-order valence-electron chi connectivity index (χ1n) is 10.9. The predicted octanol–water partition coefficient (Wildman–Crippen LogP) is 2.99. The van der Waals surface area contributed by atoms with E-state index in [0.29, 0.717) is 22.8 Å². The van der Waals surface area contributed by atoms with Crippen molar-refractivity contribution < 1.29 is 74.0 Å². The third-order valence-electron chi connectivity index (χ3n) is 5.30. The quantitative estimate of drug-likeness (QED) is 0.387. The molecular weight excluding hydrogens is 531 g/mol. The zero-order valence-electron chi connectivity index (χ0n) is 21.1. The number of phenolic OH excluding ortho intramolecular Hbond substituents is 1. The van der Waals surface area contributed by atoms with Crippen LogP contribution in [0.1, 0.15) is 38.8 Å². The third kappa shape index (κ3) is 6.13. The second-order valence-corrected chi connectivity index (χ2v) is 8.67. The molecule has 7 heteroatoms. The molecular formula is C26H33CsN5O-. The summed E-state index contributed by atoms with van der Waals surface area (Å²) in [5, 5.41) is 17.2. The van der Waals surface area contributed by atoms with E-state index in [-0.39, 0.29) is 74.6 Å². The van der Waals surface area contributed by atoms with E-state index in [1.54, 1.807) is 4.68 Å². The van der Waals surface area contributed by atoms with Gasteiger partial charge >= 0.3 is 68.9 Å². The van der Waals surface area contributed by atoms with Gasteiger partial charge in [-0.1, -0.05) is 13.8 Å². The van der Waals surface area contributed by atoms with E-state index in [2.05, 4.69) is 37.9 Å². The molecule has 0 radical (unpaired) electrons. The maximum atomic E-state index is 10.8. The van der Waals surface area contributed by atoms with E-state index >= 15 is 0 Å². The predicted molar refractivity (Wildman–Crippen MR) is 134 cm³/mol. The van der Waals surface area contributed by atoms with Gasteiger partial charge in [-0.2, -0.15) is 18.9 Å². The average molecular weight is 564 g/mol. The fourth-order valence-corrected chi connectivity index (χ4v) is 3.84. The molecule has 1 aromatic carbocycles. The Labute approximate surface area is 256 Å². The van der Waals surface area contributed by atoms with E-state index in [1.165, 1.54) is 0 Å². The fraction of sp³-hybridized carbons (Fsp3) is 0.346. The van der Waals surface area contributed by atoms with Gasteiger partial charge in [0.15, 0.2) is 5.65 Å². The number of rotatable bonds is 4. The van der Waals surface area contributed by atoms with Gasteiger partial charge in [0.1, 0.15) is 5.75 Å².